The molecule has 1 fully saturated rings. The number of hydrogen-bond donors (Lipinski definition) is 1. The summed E-state index contributed by atoms with van der Waals surface area (Å²) < 4.78 is 1.08. The van der Waals surface area contributed by atoms with Crippen molar-refractivity contribution in [2.24, 2.45) is 0 Å². The number of hydrogen-bond acceptors (Lipinski definition) is 5. The lowest BCUT2D eigenvalue weighted by Gasteiger charge is -2.15. The number of nitrogens with one attached hydrogen (secondary N) is 1. The molecule has 16 heavy (non-hydrogen) atoms. The standard InChI is InChI=1S/C9H10BrN3O2S/c10-8-2-1-7(16-8)5-12-4-3-11-9(12)6-13(14)15/h1-2,6,11H,3-5H2/b9-6+. The fourth-order valence-corrected chi connectivity index (χ4v) is 3.07. The summed E-state index contributed by atoms with van der Waals surface area (Å²) in [5.41, 5.74) is 0. The molecule has 0 saturated carbocycles. The van der Waals surface area contributed by atoms with Gasteiger partial charge in [-0.15, -0.1) is 11.3 Å². The molecule has 2 rings (SSSR count). The average molecular weight is 304 g/mol. The van der Waals surface area contributed by atoms with E-state index in [0.29, 0.717) is 12.4 Å². The molecule has 7 heteroatoms. The van der Waals surface area contributed by atoms with Crippen LogP contribution in [-0.4, -0.2) is 22.9 Å². The van der Waals surface area contributed by atoms with E-state index in [1.807, 2.05) is 17.0 Å². The summed E-state index contributed by atoms with van der Waals surface area (Å²) in [5.74, 6) is 0.592. The lowest BCUT2D eigenvalue weighted by atomic mass is 10.4. The van der Waals surface area contributed by atoms with Crippen LogP contribution < -0.4 is 5.32 Å². The number of rotatable bonds is 3. The van der Waals surface area contributed by atoms with Gasteiger partial charge in [-0.05, 0) is 28.1 Å². The summed E-state index contributed by atoms with van der Waals surface area (Å²) in [6, 6.07) is 4.01. The maximum absolute atomic E-state index is 10.4. The van der Waals surface area contributed by atoms with Gasteiger partial charge < -0.3 is 10.2 Å². The van der Waals surface area contributed by atoms with Crippen LogP contribution in [0.1, 0.15) is 4.88 Å². The summed E-state index contributed by atoms with van der Waals surface area (Å²) in [7, 11) is 0. The van der Waals surface area contributed by atoms with Crippen molar-refractivity contribution in [3.63, 3.8) is 0 Å². The van der Waals surface area contributed by atoms with Crippen LogP contribution in [0.15, 0.2) is 27.9 Å². The maximum atomic E-state index is 10.4. The summed E-state index contributed by atoms with van der Waals surface area (Å²) in [5, 5.41) is 13.4. The molecule has 0 aromatic carbocycles. The van der Waals surface area contributed by atoms with E-state index in [-0.39, 0.29) is 0 Å². The molecule has 1 saturated heterocycles. The van der Waals surface area contributed by atoms with E-state index < -0.39 is 4.92 Å². The summed E-state index contributed by atoms with van der Waals surface area (Å²) in [4.78, 5) is 13.1. The first-order valence-corrected chi connectivity index (χ1v) is 6.34. The van der Waals surface area contributed by atoms with Gasteiger partial charge in [-0.2, -0.15) is 0 Å². The van der Waals surface area contributed by atoms with E-state index in [0.717, 1.165) is 23.1 Å². The van der Waals surface area contributed by atoms with Gasteiger partial charge in [0.15, 0.2) is 5.82 Å². The molecule has 0 amide bonds. The third-order valence-electron chi connectivity index (χ3n) is 2.23. The first-order chi connectivity index (χ1) is 7.65. The topological polar surface area (TPSA) is 58.4 Å². The van der Waals surface area contributed by atoms with E-state index in [9.17, 15) is 10.1 Å². The normalized spacial score (nSPS) is 17.8. The molecule has 0 bridgehead atoms. The summed E-state index contributed by atoms with van der Waals surface area (Å²) in [6.07, 6.45) is 1.02. The lowest BCUT2D eigenvalue weighted by Crippen LogP contribution is -2.20. The SMILES string of the molecule is O=[N+]([O-])/C=C1\NCCN1Cc1ccc(Br)s1. The van der Waals surface area contributed by atoms with Gasteiger partial charge in [0.25, 0.3) is 6.20 Å². The predicted molar refractivity (Wildman–Crippen MR) is 65.5 cm³/mol. The van der Waals surface area contributed by atoms with Gasteiger partial charge in [0.1, 0.15) is 0 Å². The molecule has 0 aliphatic carbocycles. The Hall–Kier alpha value is -1.08. The first kappa shape index (κ1) is 11.4. The summed E-state index contributed by atoms with van der Waals surface area (Å²) >= 11 is 5.04. The third-order valence-corrected chi connectivity index (χ3v) is 3.84. The molecule has 0 radical (unpaired) electrons. The largest absolute Gasteiger partial charge is 0.365 e. The Kier molecular flexibility index (Phi) is 3.45. The third kappa shape index (κ3) is 2.73. The molecule has 1 aromatic rings. The lowest BCUT2D eigenvalue weighted by molar-refractivity contribution is -0.404. The minimum absolute atomic E-state index is 0.426. The fraction of sp³-hybridized carbons (Fsp3) is 0.333. The molecule has 0 spiro atoms. The summed E-state index contributed by atoms with van der Waals surface area (Å²) in [6.45, 7) is 2.27. The molecule has 1 aliphatic rings. The van der Waals surface area contributed by atoms with Crippen molar-refractivity contribution in [1.29, 1.82) is 0 Å². The van der Waals surface area contributed by atoms with Crippen molar-refractivity contribution in [2.75, 3.05) is 13.1 Å². The Labute approximate surface area is 105 Å². The average Bonchev–Trinajstić information content (AvgIpc) is 2.77. The predicted octanol–water partition coefficient (Wildman–Crippen LogP) is 1.99. The molecule has 1 aromatic heterocycles. The second-order valence-electron chi connectivity index (χ2n) is 3.35. The molecule has 0 unspecified atom stereocenters. The van der Waals surface area contributed by atoms with Crippen LogP contribution in [0, 0.1) is 10.1 Å². The first-order valence-electron chi connectivity index (χ1n) is 4.73. The van der Waals surface area contributed by atoms with Crippen molar-refractivity contribution in [3.05, 3.63) is 42.9 Å². The zero-order valence-electron chi connectivity index (χ0n) is 8.35. The minimum atomic E-state index is -0.426. The van der Waals surface area contributed by atoms with Gasteiger partial charge >= 0.3 is 0 Å². The minimum Gasteiger partial charge on any atom is -0.365 e. The van der Waals surface area contributed by atoms with E-state index >= 15 is 0 Å². The van der Waals surface area contributed by atoms with Gasteiger partial charge in [-0.25, -0.2) is 0 Å². The van der Waals surface area contributed by atoms with Gasteiger partial charge in [0.2, 0.25) is 0 Å². The van der Waals surface area contributed by atoms with Crippen LogP contribution >= 0.6 is 27.3 Å². The zero-order valence-corrected chi connectivity index (χ0v) is 10.8. The van der Waals surface area contributed by atoms with E-state index in [4.69, 9.17) is 0 Å². The van der Waals surface area contributed by atoms with Crippen molar-refractivity contribution >= 4 is 27.3 Å². The van der Waals surface area contributed by atoms with Crippen LogP contribution in [-0.2, 0) is 6.54 Å². The molecular formula is C9H10BrN3O2S. The Morgan fingerprint density at radius 3 is 3.12 bits per heavy atom. The Morgan fingerprint density at radius 1 is 1.69 bits per heavy atom. The molecule has 5 nitrogen and oxygen atoms in total. The zero-order chi connectivity index (χ0) is 11.5. The second-order valence-corrected chi connectivity index (χ2v) is 5.90. The Morgan fingerprint density at radius 2 is 2.50 bits per heavy atom. The van der Waals surface area contributed by atoms with Crippen molar-refractivity contribution in [2.45, 2.75) is 6.54 Å². The number of nitro groups is 1. The molecule has 0 atom stereocenters. The van der Waals surface area contributed by atoms with E-state index in [1.54, 1.807) is 11.3 Å². The van der Waals surface area contributed by atoms with Crippen molar-refractivity contribution in [3.8, 4) is 0 Å². The van der Waals surface area contributed by atoms with Gasteiger partial charge in [0, 0.05) is 18.0 Å². The quantitative estimate of drug-likeness (QED) is 0.685. The van der Waals surface area contributed by atoms with Crippen LogP contribution in [0.4, 0.5) is 0 Å². The highest BCUT2D eigenvalue weighted by Gasteiger charge is 2.19. The maximum Gasteiger partial charge on any atom is 0.274 e. The monoisotopic (exact) mass is 303 g/mol. The molecule has 86 valence electrons. The van der Waals surface area contributed by atoms with Crippen LogP contribution in [0.5, 0.6) is 0 Å². The Bertz CT molecular complexity index is 432. The van der Waals surface area contributed by atoms with Gasteiger partial charge in [0.05, 0.1) is 15.3 Å². The van der Waals surface area contributed by atoms with Crippen molar-refractivity contribution < 1.29 is 4.92 Å². The fourth-order valence-electron chi connectivity index (χ4n) is 1.57. The van der Waals surface area contributed by atoms with Gasteiger partial charge in [-0.3, -0.25) is 10.1 Å². The highest BCUT2D eigenvalue weighted by atomic mass is 79.9. The highest BCUT2D eigenvalue weighted by Crippen LogP contribution is 2.24. The van der Waals surface area contributed by atoms with Gasteiger partial charge in [-0.1, -0.05) is 0 Å². The van der Waals surface area contributed by atoms with Crippen LogP contribution in [0.2, 0.25) is 0 Å². The van der Waals surface area contributed by atoms with E-state index in [2.05, 4.69) is 21.2 Å². The molecule has 1 N–H and O–H groups in total. The molecule has 2 heterocycles. The van der Waals surface area contributed by atoms with Crippen LogP contribution in [0.25, 0.3) is 0 Å². The highest BCUT2D eigenvalue weighted by molar-refractivity contribution is 9.11. The second kappa shape index (κ2) is 4.84. The van der Waals surface area contributed by atoms with Crippen LogP contribution in [0.3, 0.4) is 0 Å². The smallest absolute Gasteiger partial charge is 0.274 e. The number of nitrogens with zero attached hydrogens (tertiary/aromatic N) is 2. The molecule has 1 aliphatic heterocycles. The van der Waals surface area contributed by atoms with E-state index in [1.165, 1.54) is 4.88 Å². The number of thiophene rings is 1. The Balaban J connectivity index is 2.06. The van der Waals surface area contributed by atoms with Crippen molar-refractivity contribution in [1.82, 2.24) is 10.2 Å². The number of halogens is 1. The molecular weight excluding hydrogens is 294 g/mol.